The minimum atomic E-state index is 0.521. The van der Waals surface area contributed by atoms with Crippen molar-refractivity contribution in [1.29, 1.82) is 0 Å². The third-order valence-corrected chi connectivity index (χ3v) is 2.24. The number of unbranched alkanes of at least 4 members (excludes halogenated alkanes) is 1. The van der Waals surface area contributed by atoms with Crippen LogP contribution < -0.4 is 5.73 Å². The smallest absolute Gasteiger partial charge is 0.130 e. The molecule has 0 amide bonds. The van der Waals surface area contributed by atoms with Crippen LogP contribution in [0.2, 0.25) is 0 Å². The summed E-state index contributed by atoms with van der Waals surface area (Å²) >= 11 is 0. The van der Waals surface area contributed by atoms with E-state index in [4.69, 9.17) is 5.73 Å². The number of hydrogen-bond acceptors (Lipinski definition) is 1. The molecule has 0 heterocycles. The predicted molar refractivity (Wildman–Crippen MR) is 78.0 cm³/mol. The molecule has 0 saturated heterocycles. The minimum absolute atomic E-state index is 0.521. The van der Waals surface area contributed by atoms with E-state index in [1.807, 2.05) is 6.08 Å². The predicted octanol–water partition coefficient (Wildman–Crippen LogP) is 4.21. The van der Waals surface area contributed by atoms with Crippen molar-refractivity contribution in [3.63, 3.8) is 0 Å². The van der Waals surface area contributed by atoms with Crippen LogP contribution in [0.15, 0.2) is 40.6 Å². The van der Waals surface area contributed by atoms with Crippen molar-refractivity contribution in [3.8, 4) is 0 Å². The van der Waals surface area contributed by atoms with Gasteiger partial charge >= 0.3 is 0 Å². The van der Waals surface area contributed by atoms with Crippen molar-refractivity contribution in [2.75, 3.05) is 0 Å². The van der Waals surface area contributed by atoms with Gasteiger partial charge in [0.25, 0.3) is 0 Å². The molecule has 0 unspecified atom stereocenters. The number of amidine groups is 1. The van der Waals surface area contributed by atoms with Crippen molar-refractivity contribution in [2.45, 2.75) is 47.5 Å². The highest BCUT2D eigenvalue weighted by Gasteiger charge is 2.00. The van der Waals surface area contributed by atoms with Gasteiger partial charge in [-0.25, -0.2) is 4.99 Å². The SMILES string of the molecule is CCC/C=C/N=C(/N)C(/C=C\C(C)C)=C(C)C. The molecule has 0 aliphatic carbocycles. The van der Waals surface area contributed by atoms with Gasteiger partial charge in [0.05, 0.1) is 0 Å². The van der Waals surface area contributed by atoms with Gasteiger partial charge in [0.2, 0.25) is 0 Å². The summed E-state index contributed by atoms with van der Waals surface area (Å²) in [6.45, 7) is 10.5. The van der Waals surface area contributed by atoms with Crippen LogP contribution in [0.3, 0.4) is 0 Å². The van der Waals surface area contributed by atoms with E-state index < -0.39 is 0 Å². The lowest BCUT2D eigenvalue weighted by atomic mass is 10.1. The Morgan fingerprint density at radius 2 is 1.94 bits per heavy atom. The molecule has 0 aliphatic heterocycles. The van der Waals surface area contributed by atoms with E-state index in [-0.39, 0.29) is 0 Å². The number of aliphatic imine (C=N–C) groups is 1. The van der Waals surface area contributed by atoms with Crippen molar-refractivity contribution in [2.24, 2.45) is 16.6 Å². The van der Waals surface area contributed by atoms with E-state index in [9.17, 15) is 0 Å². The lowest BCUT2D eigenvalue weighted by Crippen LogP contribution is -2.14. The van der Waals surface area contributed by atoms with Gasteiger partial charge < -0.3 is 5.73 Å². The highest BCUT2D eigenvalue weighted by molar-refractivity contribution is 6.00. The second-order valence-corrected chi connectivity index (χ2v) is 4.70. The maximum Gasteiger partial charge on any atom is 0.130 e. The maximum absolute atomic E-state index is 5.98. The van der Waals surface area contributed by atoms with Crippen LogP contribution in [-0.2, 0) is 0 Å². The van der Waals surface area contributed by atoms with Gasteiger partial charge in [-0.2, -0.15) is 0 Å². The van der Waals surface area contributed by atoms with Crippen molar-refractivity contribution >= 4 is 5.84 Å². The molecule has 96 valence electrons. The Balaban J connectivity index is 4.80. The summed E-state index contributed by atoms with van der Waals surface area (Å²) in [6.07, 6.45) is 10.2. The van der Waals surface area contributed by atoms with Crippen LogP contribution in [0.5, 0.6) is 0 Å². The normalized spacial score (nSPS) is 12.9. The van der Waals surface area contributed by atoms with Crippen LogP contribution in [0.4, 0.5) is 0 Å². The zero-order chi connectivity index (χ0) is 13.3. The standard InChI is InChI=1S/C15H26N2/c1-6-7-8-11-17-15(16)14(13(4)5)10-9-12(2)3/h8-12H,6-7H2,1-5H3,(H2,16,17)/b10-9-,11-8+. The molecule has 0 fully saturated rings. The number of nitrogens with two attached hydrogens (primary N) is 1. The van der Waals surface area contributed by atoms with E-state index in [2.05, 4.69) is 51.8 Å². The number of nitrogens with zero attached hydrogens (tertiary/aromatic N) is 1. The second kappa shape index (κ2) is 8.80. The lowest BCUT2D eigenvalue weighted by Gasteiger charge is -2.04. The van der Waals surface area contributed by atoms with Gasteiger partial charge in [-0.1, -0.05) is 51.0 Å². The monoisotopic (exact) mass is 234 g/mol. The van der Waals surface area contributed by atoms with Crippen LogP contribution in [0, 0.1) is 5.92 Å². The Bertz CT molecular complexity index is 327. The fraction of sp³-hybridized carbons (Fsp3) is 0.533. The third kappa shape index (κ3) is 7.56. The Labute approximate surface area is 106 Å². The molecule has 2 nitrogen and oxygen atoms in total. The molecule has 0 atom stereocenters. The van der Waals surface area contributed by atoms with Gasteiger partial charge in [-0.15, -0.1) is 0 Å². The van der Waals surface area contributed by atoms with Gasteiger partial charge in [-0.05, 0) is 26.2 Å². The van der Waals surface area contributed by atoms with Gasteiger partial charge in [-0.3, -0.25) is 0 Å². The van der Waals surface area contributed by atoms with Crippen LogP contribution >= 0.6 is 0 Å². The highest BCUT2D eigenvalue weighted by Crippen LogP contribution is 2.08. The molecule has 0 aromatic rings. The molecule has 17 heavy (non-hydrogen) atoms. The summed E-state index contributed by atoms with van der Waals surface area (Å²) in [7, 11) is 0. The fourth-order valence-corrected chi connectivity index (χ4v) is 1.24. The topological polar surface area (TPSA) is 38.4 Å². The molecule has 0 rings (SSSR count). The first-order valence-corrected chi connectivity index (χ1v) is 6.33. The summed E-state index contributed by atoms with van der Waals surface area (Å²) in [6, 6.07) is 0. The van der Waals surface area contributed by atoms with E-state index in [0.29, 0.717) is 11.8 Å². The average molecular weight is 234 g/mol. The largest absolute Gasteiger partial charge is 0.383 e. The van der Waals surface area contributed by atoms with E-state index in [1.54, 1.807) is 6.20 Å². The first-order chi connectivity index (χ1) is 7.99. The molecule has 0 bridgehead atoms. The molecular formula is C15H26N2. The van der Waals surface area contributed by atoms with Crippen LogP contribution in [0.25, 0.3) is 0 Å². The van der Waals surface area contributed by atoms with E-state index in [0.717, 1.165) is 18.4 Å². The number of allylic oxidation sites excluding steroid dienone is 3. The van der Waals surface area contributed by atoms with Gasteiger partial charge in [0.1, 0.15) is 5.84 Å². The molecule has 0 aromatic heterocycles. The first kappa shape index (κ1) is 15.7. The zero-order valence-electron chi connectivity index (χ0n) is 11.8. The molecule has 2 heteroatoms. The van der Waals surface area contributed by atoms with Crippen LogP contribution in [0.1, 0.15) is 47.5 Å². The first-order valence-electron chi connectivity index (χ1n) is 6.33. The Hall–Kier alpha value is -1.31. The van der Waals surface area contributed by atoms with Crippen molar-refractivity contribution in [1.82, 2.24) is 0 Å². The summed E-state index contributed by atoms with van der Waals surface area (Å²) in [5.74, 6) is 1.11. The Kier molecular flexibility index (Phi) is 8.12. The third-order valence-electron chi connectivity index (χ3n) is 2.24. The summed E-state index contributed by atoms with van der Waals surface area (Å²) < 4.78 is 0. The number of rotatable bonds is 6. The van der Waals surface area contributed by atoms with Crippen molar-refractivity contribution in [3.05, 3.63) is 35.6 Å². The molecule has 2 N–H and O–H groups in total. The minimum Gasteiger partial charge on any atom is -0.383 e. The average Bonchev–Trinajstić information content (AvgIpc) is 2.23. The van der Waals surface area contributed by atoms with Gasteiger partial charge in [0.15, 0.2) is 0 Å². The summed E-state index contributed by atoms with van der Waals surface area (Å²) in [5, 5.41) is 0. The zero-order valence-corrected chi connectivity index (χ0v) is 11.8. The second-order valence-electron chi connectivity index (χ2n) is 4.70. The maximum atomic E-state index is 5.98. The number of hydrogen-bond donors (Lipinski definition) is 1. The molecule has 0 saturated carbocycles. The van der Waals surface area contributed by atoms with Gasteiger partial charge in [0, 0.05) is 11.8 Å². The molecule has 0 radical (unpaired) electrons. The Morgan fingerprint density at radius 1 is 1.29 bits per heavy atom. The summed E-state index contributed by atoms with van der Waals surface area (Å²) in [5.41, 5.74) is 8.19. The highest BCUT2D eigenvalue weighted by atomic mass is 14.8. The molecule has 0 aromatic carbocycles. The molecule has 0 spiro atoms. The molecule has 0 aliphatic rings. The van der Waals surface area contributed by atoms with E-state index in [1.165, 1.54) is 5.57 Å². The molecular weight excluding hydrogens is 208 g/mol. The lowest BCUT2D eigenvalue weighted by molar-refractivity contribution is 0.831. The summed E-state index contributed by atoms with van der Waals surface area (Å²) in [4.78, 5) is 4.27. The van der Waals surface area contributed by atoms with E-state index >= 15 is 0 Å². The van der Waals surface area contributed by atoms with Crippen molar-refractivity contribution < 1.29 is 0 Å². The van der Waals surface area contributed by atoms with Crippen LogP contribution in [-0.4, -0.2) is 5.84 Å². The quantitative estimate of drug-likeness (QED) is 0.417. The Morgan fingerprint density at radius 3 is 2.41 bits per heavy atom. The fourth-order valence-electron chi connectivity index (χ4n) is 1.24.